The summed E-state index contributed by atoms with van der Waals surface area (Å²) >= 11 is 7.62. The topological polar surface area (TPSA) is 100 Å². The molecule has 2 aromatic heterocycles. The molecular weight excluding hydrogens is 450 g/mol. The van der Waals surface area contributed by atoms with Crippen molar-refractivity contribution in [2.24, 2.45) is 13.0 Å². The average Bonchev–Trinajstić information content (AvgIpc) is 3.30. The van der Waals surface area contributed by atoms with Crippen molar-refractivity contribution in [3.05, 3.63) is 21.5 Å². The van der Waals surface area contributed by atoms with E-state index in [9.17, 15) is 14.7 Å². The fraction of sp³-hybridized carbons (Fsp3) is 0.636. The van der Waals surface area contributed by atoms with E-state index in [-0.39, 0.29) is 18.5 Å². The largest absolute Gasteiger partial charge is 0.465 e. The van der Waals surface area contributed by atoms with Gasteiger partial charge in [0.25, 0.3) is 5.91 Å². The Hall–Kier alpha value is -2.13. The number of hydrogen-bond acceptors (Lipinski definition) is 5. The molecule has 1 aliphatic rings. The summed E-state index contributed by atoms with van der Waals surface area (Å²) in [5.41, 5.74) is 0.877. The standard InChI is InChI=1S/C22H32ClN5O3S/c1-22(2,3)28(21(30)31)13-15(10-14-8-6-5-7-9-14)25-20(29)18-11-16(19(23)32-18)17-12-24-26-27(17)4/h11-12,14-15H,5-10,13H2,1-4H3,(H,25,29)(H,30,31)/t15-/m0/s1. The average molecular weight is 482 g/mol. The molecule has 0 aliphatic heterocycles. The van der Waals surface area contributed by atoms with E-state index in [1.54, 1.807) is 24.0 Å². The predicted octanol–water partition coefficient (Wildman–Crippen LogP) is 5.04. The maximum absolute atomic E-state index is 13.2. The fourth-order valence-corrected chi connectivity index (χ4v) is 5.50. The molecule has 176 valence electrons. The summed E-state index contributed by atoms with van der Waals surface area (Å²) < 4.78 is 2.10. The number of amides is 2. The molecule has 8 nitrogen and oxygen atoms in total. The highest BCUT2D eigenvalue weighted by Crippen LogP contribution is 2.35. The van der Waals surface area contributed by atoms with Crippen LogP contribution in [0.4, 0.5) is 4.79 Å². The van der Waals surface area contributed by atoms with E-state index in [4.69, 9.17) is 11.6 Å². The third kappa shape index (κ3) is 6.01. The number of halogens is 1. The van der Waals surface area contributed by atoms with Crippen LogP contribution >= 0.6 is 22.9 Å². The minimum atomic E-state index is -0.981. The summed E-state index contributed by atoms with van der Waals surface area (Å²) in [7, 11) is 1.77. The van der Waals surface area contributed by atoms with Gasteiger partial charge in [0, 0.05) is 30.7 Å². The SMILES string of the molecule is Cn1nncc1-c1cc(C(=O)N[C@@H](CC2CCCCC2)CN(C(=O)O)C(C)(C)C)sc1Cl. The number of thiophene rings is 1. The summed E-state index contributed by atoms with van der Waals surface area (Å²) in [6, 6.07) is 1.47. The van der Waals surface area contributed by atoms with E-state index in [0.717, 1.165) is 25.0 Å². The van der Waals surface area contributed by atoms with Gasteiger partial charge in [-0.2, -0.15) is 0 Å². The van der Waals surface area contributed by atoms with E-state index in [1.807, 2.05) is 20.8 Å². The first-order valence-corrected chi connectivity index (χ1v) is 12.2. The van der Waals surface area contributed by atoms with E-state index in [2.05, 4.69) is 15.6 Å². The van der Waals surface area contributed by atoms with Crippen molar-refractivity contribution < 1.29 is 14.7 Å². The van der Waals surface area contributed by atoms with Crippen LogP contribution < -0.4 is 5.32 Å². The van der Waals surface area contributed by atoms with Crippen molar-refractivity contribution in [3.63, 3.8) is 0 Å². The molecule has 1 atom stereocenters. The van der Waals surface area contributed by atoms with Crippen molar-refractivity contribution in [2.75, 3.05) is 6.54 Å². The van der Waals surface area contributed by atoms with Crippen LogP contribution in [0, 0.1) is 5.92 Å². The highest BCUT2D eigenvalue weighted by atomic mass is 35.5. The van der Waals surface area contributed by atoms with Gasteiger partial charge in [-0.15, -0.1) is 16.4 Å². The Morgan fingerprint density at radius 3 is 2.59 bits per heavy atom. The first-order chi connectivity index (χ1) is 15.1. The van der Waals surface area contributed by atoms with Gasteiger partial charge in [-0.3, -0.25) is 4.79 Å². The molecule has 0 aromatic carbocycles. The van der Waals surface area contributed by atoms with Crippen LogP contribution in [0.5, 0.6) is 0 Å². The molecule has 2 heterocycles. The number of aromatic nitrogens is 3. The lowest BCUT2D eigenvalue weighted by atomic mass is 9.84. The Labute approximate surface area is 197 Å². The van der Waals surface area contributed by atoms with Gasteiger partial charge in [0.2, 0.25) is 0 Å². The lowest BCUT2D eigenvalue weighted by Crippen LogP contribution is -2.52. The third-order valence-corrected chi connectivity index (χ3v) is 7.38. The molecule has 0 saturated heterocycles. The van der Waals surface area contributed by atoms with Crippen LogP contribution in [0.15, 0.2) is 12.3 Å². The molecule has 0 bridgehead atoms. The number of carbonyl (C=O) groups excluding carboxylic acids is 1. The third-order valence-electron chi connectivity index (χ3n) is 6.02. The second-order valence-corrected chi connectivity index (χ2v) is 11.2. The summed E-state index contributed by atoms with van der Waals surface area (Å²) in [5, 5.41) is 20.7. The normalized spacial score (nSPS) is 16.0. The van der Waals surface area contributed by atoms with Crippen LogP contribution in [-0.2, 0) is 7.05 Å². The zero-order valence-electron chi connectivity index (χ0n) is 19.1. The van der Waals surface area contributed by atoms with Crippen molar-refractivity contribution in [1.29, 1.82) is 0 Å². The summed E-state index contributed by atoms with van der Waals surface area (Å²) in [6.07, 6.45) is 7.26. The van der Waals surface area contributed by atoms with Gasteiger partial charge in [0.15, 0.2) is 0 Å². The minimum Gasteiger partial charge on any atom is -0.465 e. The quantitative estimate of drug-likeness (QED) is 0.576. The van der Waals surface area contributed by atoms with Gasteiger partial charge in [-0.05, 0) is 39.2 Å². The van der Waals surface area contributed by atoms with Gasteiger partial charge in [-0.25, -0.2) is 9.48 Å². The van der Waals surface area contributed by atoms with Crippen LogP contribution in [-0.4, -0.2) is 55.1 Å². The molecule has 0 radical (unpaired) electrons. The second-order valence-electron chi connectivity index (χ2n) is 9.52. The van der Waals surface area contributed by atoms with Gasteiger partial charge < -0.3 is 15.3 Å². The molecule has 1 aliphatic carbocycles. The Morgan fingerprint density at radius 1 is 1.34 bits per heavy atom. The number of aryl methyl sites for hydroxylation is 1. The first kappa shape index (κ1) is 24.5. The van der Waals surface area contributed by atoms with Gasteiger partial charge >= 0.3 is 6.09 Å². The molecule has 0 unspecified atom stereocenters. The highest BCUT2D eigenvalue weighted by Gasteiger charge is 2.31. The number of carbonyl (C=O) groups is 2. The van der Waals surface area contributed by atoms with E-state index in [0.29, 0.717) is 20.7 Å². The lowest BCUT2D eigenvalue weighted by molar-refractivity contribution is 0.0793. The number of carboxylic acid groups (broad SMARTS) is 1. The van der Waals surface area contributed by atoms with E-state index < -0.39 is 11.6 Å². The maximum atomic E-state index is 13.2. The lowest BCUT2D eigenvalue weighted by Gasteiger charge is -2.37. The van der Waals surface area contributed by atoms with Gasteiger partial charge in [-0.1, -0.05) is 48.9 Å². The Morgan fingerprint density at radius 2 is 2.03 bits per heavy atom. The van der Waals surface area contributed by atoms with Gasteiger partial charge in [0.1, 0.15) is 4.34 Å². The fourth-order valence-electron chi connectivity index (χ4n) is 4.31. The summed E-state index contributed by atoms with van der Waals surface area (Å²) in [5.74, 6) is 0.256. The Kier molecular flexibility index (Phi) is 7.82. The number of rotatable bonds is 7. The van der Waals surface area contributed by atoms with E-state index >= 15 is 0 Å². The zero-order valence-corrected chi connectivity index (χ0v) is 20.7. The minimum absolute atomic E-state index is 0.238. The Bertz CT molecular complexity index is 946. The molecule has 10 heteroatoms. The summed E-state index contributed by atoms with van der Waals surface area (Å²) in [6.45, 7) is 5.86. The molecule has 3 rings (SSSR count). The first-order valence-electron chi connectivity index (χ1n) is 11.0. The molecular formula is C22H32ClN5O3S. The molecule has 1 fully saturated rings. The number of hydrogen-bond donors (Lipinski definition) is 2. The number of nitrogens with one attached hydrogen (secondary N) is 1. The maximum Gasteiger partial charge on any atom is 0.407 e. The molecule has 2 aromatic rings. The molecule has 0 spiro atoms. The second kappa shape index (κ2) is 10.2. The van der Waals surface area contributed by atoms with Crippen LogP contribution in [0.25, 0.3) is 11.3 Å². The molecule has 1 saturated carbocycles. The Balaban J connectivity index is 1.79. The van der Waals surface area contributed by atoms with Crippen LogP contribution in [0.3, 0.4) is 0 Å². The van der Waals surface area contributed by atoms with Crippen molar-refractivity contribution >= 4 is 34.9 Å². The van der Waals surface area contributed by atoms with Crippen molar-refractivity contribution in [3.8, 4) is 11.3 Å². The van der Waals surface area contributed by atoms with Crippen LogP contribution in [0.1, 0.15) is 69.0 Å². The smallest absolute Gasteiger partial charge is 0.407 e. The van der Waals surface area contributed by atoms with Crippen LogP contribution in [0.2, 0.25) is 4.34 Å². The molecule has 2 N–H and O–H groups in total. The van der Waals surface area contributed by atoms with Crippen molar-refractivity contribution in [1.82, 2.24) is 25.2 Å². The van der Waals surface area contributed by atoms with Crippen molar-refractivity contribution in [2.45, 2.75) is 70.9 Å². The monoisotopic (exact) mass is 481 g/mol. The zero-order chi connectivity index (χ0) is 23.5. The predicted molar refractivity (Wildman–Crippen MR) is 126 cm³/mol. The molecule has 2 amide bonds. The highest BCUT2D eigenvalue weighted by molar-refractivity contribution is 7.18. The molecule has 32 heavy (non-hydrogen) atoms. The number of nitrogens with zero attached hydrogens (tertiary/aromatic N) is 4. The van der Waals surface area contributed by atoms with E-state index in [1.165, 1.54) is 35.5 Å². The van der Waals surface area contributed by atoms with Gasteiger partial charge in [0.05, 0.1) is 16.8 Å². The summed E-state index contributed by atoms with van der Waals surface area (Å²) in [4.78, 5) is 27.0.